The summed E-state index contributed by atoms with van der Waals surface area (Å²) in [5.74, 6) is -0.890. The number of halogens is 1. The maximum atomic E-state index is 13.2. The average molecular weight is 265 g/mol. The molecule has 0 bridgehead atoms. The fraction of sp³-hybridized carbons (Fsp3) is 0.385. The first-order valence-electron chi connectivity index (χ1n) is 6.10. The van der Waals surface area contributed by atoms with Gasteiger partial charge in [-0.3, -0.25) is 14.9 Å². The molecule has 102 valence electrons. The molecule has 0 saturated carbocycles. The summed E-state index contributed by atoms with van der Waals surface area (Å²) in [5, 5.41) is 8.18. The van der Waals surface area contributed by atoms with Crippen molar-refractivity contribution in [2.45, 2.75) is 25.9 Å². The minimum Gasteiger partial charge on any atom is -0.353 e. The Balaban J connectivity index is 2.04. The van der Waals surface area contributed by atoms with Crippen LogP contribution < -0.4 is 16.0 Å². The molecular weight excluding hydrogens is 249 g/mol. The highest BCUT2D eigenvalue weighted by atomic mass is 19.1. The largest absolute Gasteiger partial charge is 0.353 e. The number of amides is 2. The molecule has 19 heavy (non-hydrogen) atoms. The van der Waals surface area contributed by atoms with Crippen LogP contribution in [0.2, 0.25) is 0 Å². The molecule has 0 aliphatic carbocycles. The molecule has 2 rings (SSSR count). The molecule has 0 spiro atoms. The van der Waals surface area contributed by atoms with E-state index in [1.165, 1.54) is 18.2 Å². The number of benzene rings is 1. The number of nitrogens with one attached hydrogen (secondary N) is 3. The molecule has 0 fully saturated rings. The van der Waals surface area contributed by atoms with E-state index in [-0.39, 0.29) is 24.4 Å². The van der Waals surface area contributed by atoms with Crippen molar-refractivity contribution < 1.29 is 14.0 Å². The minimum atomic E-state index is -0.691. The van der Waals surface area contributed by atoms with Gasteiger partial charge in [-0.1, -0.05) is 0 Å². The number of carbonyl (C=O) groups excluding carboxylic acids is 2. The van der Waals surface area contributed by atoms with E-state index in [9.17, 15) is 14.0 Å². The summed E-state index contributed by atoms with van der Waals surface area (Å²) < 4.78 is 13.2. The zero-order valence-electron chi connectivity index (χ0n) is 10.8. The molecule has 6 heteroatoms. The van der Waals surface area contributed by atoms with E-state index in [4.69, 9.17) is 0 Å². The SMILES string of the molecule is CC(C)NC(=O)CNC1C(=O)Nc2ccc(F)cc21. The maximum Gasteiger partial charge on any atom is 0.246 e. The van der Waals surface area contributed by atoms with Crippen molar-refractivity contribution in [1.82, 2.24) is 10.6 Å². The zero-order valence-corrected chi connectivity index (χ0v) is 10.8. The summed E-state index contributed by atoms with van der Waals surface area (Å²) in [5.41, 5.74) is 1.11. The van der Waals surface area contributed by atoms with Gasteiger partial charge in [0.1, 0.15) is 11.9 Å². The highest BCUT2D eigenvalue weighted by molar-refractivity contribution is 6.02. The van der Waals surface area contributed by atoms with Gasteiger partial charge in [-0.15, -0.1) is 0 Å². The van der Waals surface area contributed by atoms with Crippen LogP contribution in [-0.4, -0.2) is 24.4 Å². The first kappa shape index (κ1) is 13.5. The highest BCUT2D eigenvalue weighted by Crippen LogP contribution is 2.30. The number of carbonyl (C=O) groups is 2. The van der Waals surface area contributed by atoms with Gasteiger partial charge in [0.2, 0.25) is 11.8 Å². The Morgan fingerprint density at radius 3 is 2.89 bits per heavy atom. The lowest BCUT2D eigenvalue weighted by Crippen LogP contribution is -2.40. The van der Waals surface area contributed by atoms with Gasteiger partial charge < -0.3 is 10.6 Å². The number of hydrogen-bond donors (Lipinski definition) is 3. The van der Waals surface area contributed by atoms with Crippen molar-refractivity contribution in [3.63, 3.8) is 0 Å². The normalized spacial score (nSPS) is 17.3. The topological polar surface area (TPSA) is 70.2 Å². The molecule has 1 heterocycles. The predicted molar refractivity (Wildman–Crippen MR) is 69.1 cm³/mol. The number of anilines is 1. The minimum absolute atomic E-state index is 0.00617. The van der Waals surface area contributed by atoms with Gasteiger partial charge in [-0.05, 0) is 32.0 Å². The van der Waals surface area contributed by atoms with Crippen molar-refractivity contribution in [2.24, 2.45) is 0 Å². The average Bonchev–Trinajstić information content (AvgIpc) is 2.61. The molecule has 1 aromatic carbocycles. The molecule has 1 aromatic rings. The van der Waals surface area contributed by atoms with Crippen LogP contribution in [0, 0.1) is 5.82 Å². The lowest BCUT2D eigenvalue weighted by Gasteiger charge is -2.13. The number of fused-ring (bicyclic) bond motifs is 1. The van der Waals surface area contributed by atoms with Crippen LogP contribution in [0.4, 0.5) is 10.1 Å². The highest BCUT2D eigenvalue weighted by Gasteiger charge is 2.30. The van der Waals surface area contributed by atoms with Gasteiger partial charge in [0.05, 0.1) is 6.54 Å². The summed E-state index contributed by atoms with van der Waals surface area (Å²) in [7, 11) is 0. The van der Waals surface area contributed by atoms with Crippen LogP contribution in [0.3, 0.4) is 0 Å². The maximum absolute atomic E-state index is 13.2. The van der Waals surface area contributed by atoms with Crippen molar-refractivity contribution in [3.05, 3.63) is 29.6 Å². The lowest BCUT2D eigenvalue weighted by molar-refractivity contribution is -0.121. The van der Waals surface area contributed by atoms with Crippen molar-refractivity contribution in [3.8, 4) is 0 Å². The Morgan fingerprint density at radius 1 is 1.47 bits per heavy atom. The second-order valence-corrected chi connectivity index (χ2v) is 4.76. The second-order valence-electron chi connectivity index (χ2n) is 4.76. The molecule has 2 amide bonds. The van der Waals surface area contributed by atoms with Gasteiger partial charge in [-0.25, -0.2) is 4.39 Å². The van der Waals surface area contributed by atoms with Crippen molar-refractivity contribution in [1.29, 1.82) is 0 Å². The van der Waals surface area contributed by atoms with Crippen LogP contribution in [0.25, 0.3) is 0 Å². The van der Waals surface area contributed by atoms with Gasteiger partial charge in [-0.2, -0.15) is 0 Å². The first-order chi connectivity index (χ1) is 8.97. The molecule has 0 saturated heterocycles. The van der Waals surface area contributed by atoms with Crippen LogP contribution in [0.15, 0.2) is 18.2 Å². The van der Waals surface area contributed by atoms with Crippen molar-refractivity contribution >= 4 is 17.5 Å². The summed E-state index contributed by atoms with van der Waals surface area (Å²) in [6.45, 7) is 3.71. The Hall–Kier alpha value is -1.95. The number of hydrogen-bond acceptors (Lipinski definition) is 3. The second kappa shape index (κ2) is 5.36. The lowest BCUT2D eigenvalue weighted by atomic mass is 10.1. The van der Waals surface area contributed by atoms with E-state index in [1.54, 1.807) is 0 Å². The molecule has 1 unspecified atom stereocenters. The quantitative estimate of drug-likeness (QED) is 0.758. The van der Waals surface area contributed by atoms with Crippen LogP contribution in [-0.2, 0) is 9.59 Å². The van der Waals surface area contributed by atoms with Crippen LogP contribution in [0.5, 0.6) is 0 Å². The zero-order chi connectivity index (χ0) is 14.0. The fourth-order valence-corrected chi connectivity index (χ4v) is 2.00. The van der Waals surface area contributed by atoms with Crippen LogP contribution >= 0.6 is 0 Å². The summed E-state index contributed by atoms with van der Waals surface area (Å²) in [6.07, 6.45) is 0. The smallest absolute Gasteiger partial charge is 0.246 e. The Labute approximate surface area is 110 Å². The van der Waals surface area contributed by atoms with Crippen LogP contribution in [0.1, 0.15) is 25.5 Å². The first-order valence-corrected chi connectivity index (χ1v) is 6.10. The Bertz CT molecular complexity index is 517. The third-order valence-corrected chi connectivity index (χ3v) is 2.76. The molecule has 0 radical (unpaired) electrons. The summed E-state index contributed by atoms with van der Waals surface area (Å²) in [4.78, 5) is 23.3. The van der Waals surface area contributed by atoms with E-state index in [0.717, 1.165) is 0 Å². The van der Waals surface area contributed by atoms with E-state index < -0.39 is 11.9 Å². The van der Waals surface area contributed by atoms with Gasteiger partial charge >= 0.3 is 0 Å². The van der Waals surface area contributed by atoms with E-state index in [2.05, 4.69) is 16.0 Å². The molecule has 0 aromatic heterocycles. The predicted octanol–water partition coefficient (Wildman–Crippen LogP) is 0.933. The summed E-state index contributed by atoms with van der Waals surface area (Å²) >= 11 is 0. The van der Waals surface area contributed by atoms with E-state index >= 15 is 0 Å². The van der Waals surface area contributed by atoms with E-state index in [0.29, 0.717) is 11.3 Å². The standard InChI is InChI=1S/C13H16FN3O2/c1-7(2)16-11(18)6-15-12-9-5-8(14)3-4-10(9)17-13(12)19/h3-5,7,12,15H,6H2,1-2H3,(H,16,18)(H,17,19). The monoisotopic (exact) mass is 265 g/mol. The van der Waals surface area contributed by atoms with E-state index in [1.807, 2.05) is 13.8 Å². The Morgan fingerprint density at radius 2 is 2.21 bits per heavy atom. The summed E-state index contributed by atoms with van der Waals surface area (Å²) in [6, 6.07) is 3.44. The molecule has 1 atom stereocenters. The third kappa shape index (κ3) is 3.08. The molecular formula is C13H16FN3O2. The molecule has 1 aliphatic heterocycles. The fourth-order valence-electron chi connectivity index (χ4n) is 2.00. The molecule has 5 nitrogen and oxygen atoms in total. The number of rotatable bonds is 4. The van der Waals surface area contributed by atoms with Crippen molar-refractivity contribution in [2.75, 3.05) is 11.9 Å². The molecule has 3 N–H and O–H groups in total. The third-order valence-electron chi connectivity index (χ3n) is 2.76. The van der Waals surface area contributed by atoms with Gasteiger partial charge in [0.15, 0.2) is 0 Å². The Kier molecular flexibility index (Phi) is 3.80. The molecule has 1 aliphatic rings. The van der Waals surface area contributed by atoms with Gasteiger partial charge in [0, 0.05) is 17.3 Å². The van der Waals surface area contributed by atoms with Gasteiger partial charge in [0.25, 0.3) is 0 Å².